The molecule has 0 aliphatic heterocycles. The predicted octanol–water partition coefficient (Wildman–Crippen LogP) is 3.75. The molecule has 24 heavy (non-hydrogen) atoms. The Hall–Kier alpha value is -1.10. The van der Waals surface area contributed by atoms with Crippen molar-refractivity contribution >= 4 is 35.7 Å². The minimum absolute atomic E-state index is 0. The number of nitrogens with two attached hydrogens (primary N) is 1. The summed E-state index contributed by atoms with van der Waals surface area (Å²) in [5.74, 6) is 0.344. The van der Waals surface area contributed by atoms with Crippen molar-refractivity contribution in [2.75, 3.05) is 6.54 Å². The van der Waals surface area contributed by atoms with E-state index in [1.165, 1.54) is 19.3 Å². The van der Waals surface area contributed by atoms with E-state index in [0.717, 1.165) is 12.8 Å². The third-order valence-corrected chi connectivity index (χ3v) is 4.82. The van der Waals surface area contributed by atoms with Gasteiger partial charge in [-0.2, -0.15) is 0 Å². The first-order valence-electron chi connectivity index (χ1n) is 8.38. The number of Topliss-reactive ketones (excluding diaryl/α,β-unsaturated/α-hetero) is 1. The van der Waals surface area contributed by atoms with Crippen LogP contribution in [0.5, 0.6) is 0 Å². The molecule has 0 radical (unpaired) electrons. The zero-order valence-electron chi connectivity index (χ0n) is 13.8. The summed E-state index contributed by atoms with van der Waals surface area (Å²) in [5, 5.41) is 3.61. The van der Waals surface area contributed by atoms with Crippen LogP contribution in [0.3, 0.4) is 0 Å². The molecule has 4 nitrogen and oxygen atoms in total. The molecule has 2 rings (SSSR count). The van der Waals surface area contributed by atoms with Gasteiger partial charge in [0.05, 0.1) is 0 Å². The summed E-state index contributed by atoms with van der Waals surface area (Å²) < 4.78 is 0. The highest BCUT2D eigenvalue weighted by Crippen LogP contribution is 2.26. The largest absolute Gasteiger partial charge is 0.352 e. The highest BCUT2D eigenvalue weighted by Gasteiger charge is 2.24. The van der Waals surface area contributed by atoms with Crippen molar-refractivity contribution in [1.29, 1.82) is 0 Å². The van der Waals surface area contributed by atoms with Crippen LogP contribution in [0.1, 0.15) is 55.3 Å². The van der Waals surface area contributed by atoms with Gasteiger partial charge in [0, 0.05) is 36.0 Å². The van der Waals surface area contributed by atoms with E-state index in [4.69, 9.17) is 17.3 Å². The quantitative estimate of drug-likeness (QED) is 0.715. The molecule has 0 bridgehead atoms. The normalized spacial score (nSPS) is 16.1. The van der Waals surface area contributed by atoms with Gasteiger partial charge in [-0.3, -0.25) is 9.59 Å². The number of hydrogen-bond donors (Lipinski definition) is 2. The summed E-state index contributed by atoms with van der Waals surface area (Å²) in [6.07, 6.45) is 6.37. The van der Waals surface area contributed by atoms with Gasteiger partial charge in [-0.05, 0) is 43.0 Å². The third-order valence-electron chi connectivity index (χ3n) is 4.56. The zero-order valence-corrected chi connectivity index (χ0v) is 15.4. The van der Waals surface area contributed by atoms with Crippen molar-refractivity contribution in [3.63, 3.8) is 0 Å². The van der Waals surface area contributed by atoms with Gasteiger partial charge in [0.2, 0.25) is 5.91 Å². The fourth-order valence-corrected chi connectivity index (χ4v) is 3.32. The molecule has 1 aromatic carbocycles. The van der Waals surface area contributed by atoms with E-state index in [1.54, 1.807) is 24.3 Å². The lowest BCUT2D eigenvalue weighted by atomic mass is 9.84. The van der Waals surface area contributed by atoms with Gasteiger partial charge >= 0.3 is 0 Å². The van der Waals surface area contributed by atoms with Crippen LogP contribution in [0, 0.1) is 5.92 Å². The third kappa shape index (κ3) is 6.42. The van der Waals surface area contributed by atoms with Crippen molar-refractivity contribution in [3.8, 4) is 0 Å². The van der Waals surface area contributed by atoms with Crippen molar-refractivity contribution in [3.05, 3.63) is 34.9 Å². The van der Waals surface area contributed by atoms with E-state index < -0.39 is 0 Å². The summed E-state index contributed by atoms with van der Waals surface area (Å²) in [6, 6.07) is 6.78. The minimum Gasteiger partial charge on any atom is -0.352 e. The van der Waals surface area contributed by atoms with Gasteiger partial charge in [0.25, 0.3) is 0 Å². The molecule has 0 heterocycles. The molecule has 1 aliphatic carbocycles. The van der Waals surface area contributed by atoms with Crippen LogP contribution in [0.4, 0.5) is 0 Å². The van der Waals surface area contributed by atoms with Crippen LogP contribution in [0.15, 0.2) is 24.3 Å². The van der Waals surface area contributed by atoms with Gasteiger partial charge in [0.1, 0.15) is 0 Å². The number of amides is 1. The van der Waals surface area contributed by atoms with E-state index >= 15 is 0 Å². The Morgan fingerprint density at radius 3 is 2.33 bits per heavy atom. The molecule has 1 fully saturated rings. The molecule has 1 saturated carbocycles. The van der Waals surface area contributed by atoms with Gasteiger partial charge in [-0.1, -0.05) is 30.9 Å². The standard InChI is InChI=1S/C18H25ClN2O2.ClH/c19-15-8-6-14(7-9-15)17(22)10-11-18(23)21-16(12-20)13-4-2-1-3-5-13;/h6-9,13,16H,1-5,10-12,20H2,(H,21,23);1H. The van der Waals surface area contributed by atoms with Crippen LogP contribution in [0.2, 0.25) is 5.02 Å². The van der Waals surface area contributed by atoms with Gasteiger partial charge in [-0.15, -0.1) is 12.4 Å². The number of rotatable bonds is 7. The number of halogens is 2. The van der Waals surface area contributed by atoms with Gasteiger partial charge in [0.15, 0.2) is 5.78 Å². The molecule has 0 aromatic heterocycles. The van der Waals surface area contributed by atoms with Crippen LogP contribution >= 0.6 is 24.0 Å². The zero-order chi connectivity index (χ0) is 16.7. The van der Waals surface area contributed by atoms with Crippen molar-refractivity contribution in [2.24, 2.45) is 11.7 Å². The molecule has 1 atom stereocenters. The van der Waals surface area contributed by atoms with E-state index in [9.17, 15) is 9.59 Å². The van der Waals surface area contributed by atoms with Crippen molar-refractivity contribution in [1.82, 2.24) is 5.32 Å². The summed E-state index contributed by atoms with van der Waals surface area (Å²) in [5.41, 5.74) is 6.41. The molecule has 1 aliphatic rings. The van der Waals surface area contributed by atoms with Gasteiger partial charge in [-0.25, -0.2) is 0 Å². The Bertz CT molecular complexity index is 528. The predicted molar refractivity (Wildman–Crippen MR) is 99.8 cm³/mol. The highest BCUT2D eigenvalue weighted by molar-refractivity contribution is 6.30. The Morgan fingerprint density at radius 1 is 1.12 bits per heavy atom. The van der Waals surface area contributed by atoms with Crippen LogP contribution in [-0.2, 0) is 4.79 Å². The van der Waals surface area contributed by atoms with Gasteiger partial charge < -0.3 is 11.1 Å². The lowest BCUT2D eigenvalue weighted by Crippen LogP contribution is -2.45. The average molecular weight is 373 g/mol. The number of ketones is 1. The lowest BCUT2D eigenvalue weighted by Gasteiger charge is -2.30. The Kier molecular flexibility index (Phi) is 9.34. The average Bonchev–Trinajstić information content (AvgIpc) is 2.59. The maximum Gasteiger partial charge on any atom is 0.220 e. The first-order chi connectivity index (χ1) is 11.1. The number of benzene rings is 1. The molecular formula is C18H26Cl2N2O2. The smallest absolute Gasteiger partial charge is 0.220 e. The first-order valence-corrected chi connectivity index (χ1v) is 8.76. The summed E-state index contributed by atoms with van der Waals surface area (Å²) >= 11 is 5.80. The highest BCUT2D eigenvalue weighted by atomic mass is 35.5. The second-order valence-electron chi connectivity index (χ2n) is 6.24. The summed E-state index contributed by atoms with van der Waals surface area (Å²) in [6.45, 7) is 0.460. The Labute approximate surface area is 154 Å². The molecule has 134 valence electrons. The molecule has 1 amide bonds. The van der Waals surface area contributed by atoms with E-state index in [2.05, 4.69) is 5.32 Å². The number of carbonyl (C=O) groups excluding carboxylic acids is 2. The van der Waals surface area contributed by atoms with E-state index in [0.29, 0.717) is 23.0 Å². The SMILES string of the molecule is Cl.NCC(NC(=O)CCC(=O)c1ccc(Cl)cc1)C1CCCCC1. The van der Waals surface area contributed by atoms with Crippen molar-refractivity contribution in [2.45, 2.75) is 51.0 Å². The number of hydrogen-bond acceptors (Lipinski definition) is 3. The fraction of sp³-hybridized carbons (Fsp3) is 0.556. The number of nitrogens with one attached hydrogen (secondary N) is 1. The van der Waals surface area contributed by atoms with Crippen LogP contribution in [0.25, 0.3) is 0 Å². The monoisotopic (exact) mass is 372 g/mol. The second-order valence-corrected chi connectivity index (χ2v) is 6.67. The molecule has 0 spiro atoms. The summed E-state index contributed by atoms with van der Waals surface area (Å²) in [4.78, 5) is 24.2. The molecule has 3 N–H and O–H groups in total. The van der Waals surface area contributed by atoms with E-state index in [-0.39, 0.29) is 43.0 Å². The molecule has 0 saturated heterocycles. The Balaban J connectivity index is 0.00000288. The maximum absolute atomic E-state index is 12.1. The molecule has 1 unspecified atom stereocenters. The maximum atomic E-state index is 12.1. The molecule has 6 heteroatoms. The first kappa shape index (κ1) is 20.9. The minimum atomic E-state index is -0.0895. The lowest BCUT2D eigenvalue weighted by molar-refractivity contribution is -0.122. The molecule has 1 aromatic rings. The second kappa shape index (κ2) is 10.7. The van der Waals surface area contributed by atoms with Crippen LogP contribution < -0.4 is 11.1 Å². The topological polar surface area (TPSA) is 72.2 Å². The van der Waals surface area contributed by atoms with Crippen LogP contribution in [-0.4, -0.2) is 24.3 Å². The summed E-state index contributed by atoms with van der Waals surface area (Å²) in [7, 11) is 0. The Morgan fingerprint density at radius 2 is 1.75 bits per heavy atom. The number of carbonyl (C=O) groups is 2. The van der Waals surface area contributed by atoms with E-state index in [1.807, 2.05) is 0 Å². The molecular weight excluding hydrogens is 347 g/mol. The fourth-order valence-electron chi connectivity index (χ4n) is 3.19. The van der Waals surface area contributed by atoms with Crippen molar-refractivity contribution < 1.29 is 9.59 Å².